The fourth-order valence-corrected chi connectivity index (χ4v) is 2.57. The molecule has 0 bridgehead atoms. The van der Waals surface area contributed by atoms with Gasteiger partial charge in [-0.2, -0.15) is 0 Å². The van der Waals surface area contributed by atoms with Gasteiger partial charge in [-0.25, -0.2) is 0 Å². The van der Waals surface area contributed by atoms with E-state index in [4.69, 9.17) is 4.74 Å². The normalized spacial score (nSPS) is 16.6. The Balaban J connectivity index is 2.17. The van der Waals surface area contributed by atoms with Crippen LogP contribution in [-0.2, 0) is 11.3 Å². The Morgan fingerprint density at radius 1 is 1.42 bits per heavy atom. The Bertz CT molecular complexity index is 402. The van der Waals surface area contributed by atoms with Crippen molar-refractivity contribution in [2.75, 3.05) is 31.7 Å². The summed E-state index contributed by atoms with van der Waals surface area (Å²) in [6.07, 6.45) is 4.22. The highest BCUT2D eigenvalue weighted by atomic mass is 16.5. The molecule has 0 spiro atoms. The Hall–Kier alpha value is -1.13. The molecule has 19 heavy (non-hydrogen) atoms. The summed E-state index contributed by atoms with van der Waals surface area (Å²) in [5.41, 5.74) is 3.66. The Labute approximate surface area is 116 Å². The van der Waals surface area contributed by atoms with Gasteiger partial charge in [0.15, 0.2) is 0 Å². The standard InChI is InChI=1S/C15H25N3O/c1-4-16-10-13-11-17-12(2)9-15(13)18(3)14-5-7-19-8-6-14/h9,11,14,16H,4-8,10H2,1-3H3. The number of aromatic nitrogens is 1. The van der Waals surface area contributed by atoms with Crippen molar-refractivity contribution >= 4 is 5.69 Å². The summed E-state index contributed by atoms with van der Waals surface area (Å²) in [6, 6.07) is 2.78. The van der Waals surface area contributed by atoms with Gasteiger partial charge in [0.25, 0.3) is 0 Å². The average molecular weight is 263 g/mol. The fraction of sp³-hybridized carbons (Fsp3) is 0.667. The molecule has 0 amide bonds. The first kappa shape index (κ1) is 14.3. The number of nitrogens with zero attached hydrogens (tertiary/aromatic N) is 2. The van der Waals surface area contributed by atoms with Crippen LogP contribution in [0.25, 0.3) is 0 Å². The predicted molar refractivity (Wildman–Crippen MR) is 78.6 cm³/mol. The lowest BCUT2D eigenvalue weighted by Crippen LogP contribution is -2.37. The molecule has 1 aliphatic heterocycles. The van der Waals surface area contributed by atoms with Crippen molar-refractivity contribution in [3.8, 4) is 0 Å². The van der Waals surface area contributed by atoms with E-state index in [1.54, 1.807) is 0 Å². The zero-order chi connectivity index (χ0) is 13.7. The maximum Gasteiger partial charge on any atom is 0.0485 e. The first-order valence-corrected chi connectivity index (χ1v) is 7.19. The van der Waals surface area contributed by atoms with Crippen molar-refractivity contribution in [2.24, 2.45) is 0 Å². The second kappa shape index (κ2) is 6.87. The van der Waals surface area contributed by atoms with E-state index >= 15 is 0 Å². The highest BCUT2D eigenvalue weighted by molar-refractivity contribution is 5.54. The summed E-state index contributed by atoms with van der Waals surface area (Å²) < 4.78 is 5.45. The summed E-state index contributed by atoms with van der Waals surface area (Å²) in [6.45, 7) is 7.80. The van der Waals surface area contributed by atoms with E-state index in [0.717, 1.165) is 44.8 Å². The summed E-state index contributed by atoms with van der Waals surface area (Å²) in [5, 5.41) is 3.39. The van der Waals surface area contributed by atoms with Gasteiger partial charge in [0.2, 0.25) is 0 Å². The highest BCUT2D eigenvalue weighted by Crippen LogP contribution is 2.25. The Morgan fingerprint density at radius 3 is 2.84 bits per heavy atom. The van der Waals surface area contributed by atoms with Crippen LogP contribution in [0.3, 0.4) is 0 Å². The lowest BCUT2D eigenvalue weighted by molar-refractivity contribution is 0.0854. The summed E-state index contributed by atoms with van der Waals surface area (Å²) in [7, 11) is 2.19. The van der Waals surface area contributed by atoms with Crippen molar-refractivity contribution in [2.45, 2.75) is 39.3 Å². The van der Waals surface area contributed by atoms with Crippen molar-refractivity contribution in [1.82, 2.24) is 10.3 Å². The monoisotopic (exact) mass is 263 g/mol. The second-order valence-electron chi connectivity index (χ2n) is 5.19. The van der Waals surface area contributed by atoms with Crippen LogP contribution in [0.4, 0.5) is 5.69 Å². The molecule has 2 rings (SSSR count). The average Bonchev–Trinajstić information content (AvgIpc) is 2.46. The predicted octanol–water partition coefficient (Wildman–Crippen LogP) is 2.11. The molecule has 4 nitrogen and oxygen atoms in total. The van der Waals surface area contributed by atoms with Crippen LogP contribution in [0.15, 0.2) is 12.3 Å². The third-order valence-electron chi connectivity index (χ3n) is 3.78. The molecule has 0 radical (unpaired) electrons. The van der Waals surface area contributed by atoms with Crippen molar-refractivity contribution < 1.29 is 4.74 Å². The first-order valence-electron chi connectivity index (χ1n) is 7.19. The molecule has 0 aliphatic carbocycles. The van der Waals surface area contributed by atoms with Crippen LogP contribution in [0.5, 0.6) is 0 Å². The molecule has 1 N–H and O–H groups in total. The van der Waals surface area contributed by atoms with Crippen LogP contribution in [-0.4, -0.2) is 37.8 Å². The van der Waals surface area contributed by atoms with Crippen LogP contribution in [0.1, 0.15) is 31.0 Å². The van der Waals surface area contributed by atoms with Crippen LogP contribution in [0, 0.1) is 6.92 Å². The molecule has 1 aliphatic rings. The van der Waals surface area contributed by atoms with Gasteiger partial charge in [-0.05, 0) is 32.4 Å². The third kappa shape index (κ3) is 3.67. The Morgan fingerprint density at radius 2 is 2.16 bits per heavy atom. The quantitative estimate of drug-likeness (QED) is 0.883. The molecular formula is C15H25N3O. The zero-order valence-electron chi connectivity index (χ0n) is 12.3. The molecule has 106 valence electrons. The summed E-state index contributed by atoms with van der Waals surface area (Å²) >= 11 is 0. The summed E-state index contributed by atoms with van der Waals surface area (Å²) in [4.78, 5) is 6.84. The Kier molecular flexibility index (Phi) is 5.16. The van der Waals surface area contributed by atoms with Gasteiger partial charge < -0.3 is 15.0 Å². The first-order chi connectivity index (χ1) is 9.22. The van der Waals surface area contributed by atoms with Crippen LogP contribution >= 0.6 is 0 Å². The molecule has 1 saturated heterocycles. The minimum Gasteiger partial charge on any atom is -0.381 e. The van der Waals surface area contributed by atoms with E-state index in [1.807, 2.05) is 6.20 Å². The number of hydrogen-bond donors (Lipinski definition) is 1. The number of aryl methyl sites for hydroxylation is 1. The van der Waals surface area contributed by atoms with Crippen molar-refractivity contribution in [1.29, 1.82) is 0 Å². The van der Waals surface area contributed by atoms with E-state index < -0.39 is 0 Å². The van der Waals surface area contributed by atoms with E-state index in [0.29, 0.717) is 6.04 Å². The molecule has 0 aromatic carbocycles. The molecule has 0 saturated carbocycles. The van der Waals surface area contributed by atoms with Gasteiger partial charge in [0.1, 0.15) is 0 Å². The molecule has 2 heterocycles. The molecule has 1 aromatic heterocycles. The van der Waals surface area contributed by atoms with Gasteiger partial charge in [0, 0.05) is 56.0 Å². The molecule has 4 heteroatoms. The summed E-state index contributed by atoms with van der Waals surface area (Å²) in [5.74, 6) is 0. The van der Waals surface area contributed by atoms with Gasteiger partial charge in [-0.3, -0.25) is 4.98 Å². The molecular weight excluding hydrogens is 238 g/mol. The van der Waals surface area contributed by atoms with Crippen molar-refractivity contribution in [3.05, 3.63) is 23.5 Å². The van der Waals surface area contributed by atoms with E-state index in [2.05, 4.69) is 42.2 Å². The zero-order valence-corrected chi connectivity index (χ0v) is 12.3. The lowest BCUT2D eigenvalue weighted by Gasteiger charge is -2.34. The molecule has 0 atom stereocenters. The number of nitrogens with one attached hydrogen (secondary N) is 1. The van der Waals surface area contributed by atoms with Gasteiger partial charge in [0.05, 0.1) is 0 Å². The minimum atomic E-state index is 0.580. The largest absolute Gasteiger partial charge is 0.381 e. The van der Waals surface area contributed by atoms with E-state index in [-0.39, 0.29) is 0 Å². The molecule has 1 aromatic rings. The van der Waals surface area contributed by atoms with E-state index in [9.17, 15) is 0 Å². The highest BCUT2D eigenvalue weighted by Gasteiger charge is 2.20. The van der Waals surface area contributed by atoms with Gasteiger partial charge in [-0.15, -0.1) is 0 Å². The number of ether oxygens (including phenoxy) is 1. The van der Waals surface area contributed by atoms with E-state index in [1.165, 1.54) is 11.3 Å². The molecule has 0 unspecified atom stereocenters. The van der Waals surface area contributed by atoms with Crippen molar-refractivity contribution in [3.63, 3.8) is 0 Å². The SMILES string of the molecule is CCNCc1cnc(C)cc1N(C)C1CCOCC1. The van der Waals surface area contributed by atoms with Crippen LogP contribution in [0.2, 0.25) is 0 Å². The molecule has 1 fully saturated rings. The van der Waals surface area contributed by atoms with Gasteiger partial charge >= 0.3 is 0 Å². The lowest BCUT2D eigenvalue weighted by atomic mass is 10.1. The maximum absolute atomic E-state index is 5.45. The van der Waals surface area contributed by atoms with Gasteiger partial charge in [-0.1, -0.05) is 6.92 Å². The minimum absolute atomic E-state index is 0.580. The number of pyridine rings is 1. The smallest absolute Gasteiger partial charge is 0.0485 e. The topological polar surface area (TPSA) is 37.4 Å². The number of hydrogen-bond acceptors (Lipinski definition) is 4. The second-order valence-corrected chi connectivity index (χ2v) is 5.19. The third-order valence-corrected chi connectivity index (χ3v) is 3.78. The number of anilines is 1. The van der Waals surface area contributed by atoms with Crippen LogP contribution < -0.4 is 10.2 Å². The number of rotatable bonds is 5. The fourth-order valence-electron chi connectivity index (χ4n) is 2.57. The maximum atomic E-state index is 5.45.